The fourth-order valence-corrected chi connectivity index (χ4v) is 2.38. The van der Waals surface area contributed by atoms with Crippen LogP contribution in [0.1, 0.15) is 35.2 Å². The topological polar surface area (TPSA) is 29.1 Å². The Kier molecular flexibility index (Phi) is 4.57. The molecule has 0 bridgehead atoms. The van der Waals surface area contributed by atoms with Crippen LogP contribution in [-0.2, 0) is 11.2 Å². The lowest BCUT2D eigenvalue weighted by molar-refractivity contribution is -0.121. The normalized spacial score (nSPS) is 11.9. The molecule has 0 aliphatic rings. The van der Waals surface area contributed by atoms with Gasteiger partial charge in [-0.2, -0.15) is 0 Å². The summed E-state index contributed by atoms with van der Waals surface area (Å²) in [5.74, 6) is 0.0598. The number of benzene rings is 2. The molecule has 0 unspecified atom stereocenters. The van der Waals surface area contributed by atoms with Crippen molar-refractivity contribution >= 4 is 5.91 Å². The number of hydrogen-bond donors (Lipinski definition) is 1. The molecule has 2 aromatic rings. The quantitative estimate of drug-likeness (QED) is 0.898. The summed E-state index contributed by atoms with van der Waals surface area (Å²) in [5.41, 5.74) is 4.66. The van der Waals surface area contributed by atoms with Gasteiger partial charge in [-0.15, -0.1) is 0 Å². The van der Waals surface area contributed by atoms with Crippen LogP contribution in [0.15, 0.2) is 48.5 Å². The van der Waals surface area contributed by atoms with Crippen LogP contribution in [0.3, 0.4) is 0 Å². The second kappa shape index (κ2) is 6.38. The number of amides is 1. The van der Waals surface area contributed by atoms with Crippen molar-refractivity contribution in [2.24, 2.45) is 0 Å². The first kappa shape index (κ1) is 14.3. The maximum atomic E-state index is 12.1. The monoisotopic (exact) mass is 267 g/mol. The lowest BCUT2D eigenvalue weighted by Crippen LogP contribution is -2.28. The van der Waals surface area contributed by atoms with E-state index in [1.165, 1.54) is 16.7 Å². The highest BCUT2D eigenvalue weighted by molar-refractivity contribution is 5.79. The predicted molar refractivity (Wildman–Crippen MR) is 82.6 cm³/mol. The zero-order valence-electron chi connectivity index (χ0n) is 12.3. The number of rotatable bonds is 4. The molecule has 1 N–H and O–H groups in total. The van der Waals surface area contributed by atoms with Gasteiger partial charge in [-0.3, -0.25) is 4.79 Å². The summed E-state index contributed by atoms with van der Waals surface area (Å²) in [6.07, 6.45) is 0.427. The molecular formula is C18H21NO. The van der Waals surface area contributed by atoms with E-state index >= 15 is 0 Å². The number of nitrogens with one attached hydrogen (secondary N) is 1. The van der Waals surface area contributed by atoms with Crippen molar-refractivity contribution in [2.75, 3.05) is 0 Å². The van der Waals surface area contributed by atoms with Crippen LogP contribution in [-0.4, -0.2) is 5.91 Å². The Morgan fingerprint density at radius 1 is 1.10 bits per heavy atom. The van der Waals surface area contributed by atoms with Gasteiger partial charge in [-0.05, 0) is 37.5 Å². The molecule has 1 atom stereocenters. The lowest BCUT2D eigenvalue weighted by atomic mass is 10.00. The summed E-state index contributed by atoms with van der Waals surface area (Å²) in [5, 5.41) is 3.07. The van der Waals surface area contributed by atoms with Crippen LogP contribution in [0.4, 0.5) is 0 Å². The van der Waals surface area contributed by atoms with Gasteiger partial charge in [0, 0.05) is 0 Å². The third kappa shape index (κ3) is 3.70. The van der Waals surface area contributed by atoms with E-state index in [1.807, 2.05) is 37.3 Å². The second-order valence-electron chi connectivity index (χ2n) is 5.31. The van der Waals surface area contributed by atoms with Crippen molar-refractivity contribution in [1.29, 1.82) is 0 Å². The maximum absolute atomic E-state index is 12.1. The molecule has 2 heteroatoms. The van der Waals surface area contributed by atoms with E-state index in [0.29, 0.717) is 6.42 Å². The first-order chi connectivity index (χ1) is 9.56. The van der Waals surface area contributed by atoms with Crippen molar-refractivity contribution in [3.8, 4) is 0 Å². The Balaban J connectivity index is 2.02. The van der Waals surface area contributed by atoms with Gasteiger partial charge in [0.25, 0.3) is 0 Å². The zero-order valence-corrected chi connectivity index (χ0v) is 12.3. The number of carbonyl (C=O) groups is 1. The summed E-state index contributed by atoms with van der Waals surface area (Å²) in [4.78, 5) is 12.1. The van der Waals surface area contributed by atoms with Gasteiger partial charge < -0.3 is 5.32 Å². The summed E-state index contributed by atoms with van der Waals surface area (Å²) < 4.78 is 0. The highest BCUT2D eigenvalue weighted by atomic mass is 16.1. The SMILES string of the molecule is Cc1ccc(C)c([C@H](C)NC(=O)Cc2ccccc2)c1. The van der Waals surface area contributed by atoms with Gasteiger partial charge >= 0.3 is 0 Å². The molecule has 0 saturated heterocycles. The van der Waals surface area contributed by atoms with Crippen LogP contribution in [0, 0.1) is 13.8 Å². The highest BCUT2D eigenvalue weighted by Crippen LogP contribution is 2.19. The fraction of sp³-hybridized carbons (Fsp3) is 0.278. The summed E-state index contributed by atoms with van der Waals surface area (Å²) in [6.45, 7) is 6.18. The van der Waals surface area contributed by atoms with E-state index in [9.17, 15) is 4.79 Å². The summed E-state index contributed by atoms with van der Waals surface area (Å²) in [7, 11) is 0. The average molecular weight is 267 g/mol. The third-order valence-corrected chi connectivity index (χ3v) is 3.49. The van der Waals surface area contributed by atoms with Crippen LogP contribution >= 0.6 is 0 Å². The van der Waals surface area contributed by atoms with Crippen molar-refractivity contribution < 1.29 is 4.79 Å². The molecule has 0 aliphatic heterocycles. The van der Waals surface area contributed by atoms with Gasteiger partial charge in [0.15, 0.2) is 0 Å². The molecule has 0 fully saturated rings. The van der Waals surface area contributed by atoms with E-state index in [2.05, 4.69) is 37.4 Å². The first-order valence-electron chi connectivity index (χ1n) is 6.96. The number of hydrogen-bond acceptors (Lipinski definition) is 1. The second-order valence-corrected chi connectivity index (χ2v) is 5.31. The minimum Gasteiger partial charge on any atom is -0.349 e. The van der Waals surface area contributed by atoms with Crippen LogP contribution in [0.2, 0.25) is 0 Å². The fourth-order valence-electron chi connectivity index (χ4n) is 2.38. The van der Waals surface area contributed by atoms with Crippen molar-refractivity contribution in [2.45, 2.75) is 33.2 Å². The van der Waals surface area contributed by atoms with Crippen LogP contribution in [0.25, 0.3) is 0 Å². The molecule has 0 spiro atoms. The molecule has 0 aromatic heterocycles. The number of carbonyl (C=O) groups excluding carboxylic acids is 1. The molecule has 0 saturated carbocycles. The minimum atomic E-state index is 0.0334. The average Bonchev–Trinajstić information content (AvgIpc) is 2.42. The van der Waals surface area contributed by atoms with Gasteiger partial charge in [-0.1, -0.05) is 54.1 Å². The molecule has 2 rings (SSSR count). The highest BCUT2D eigenvalue weighted by Gasteiger charge is 2.12. The van der Waals surface area contributed by atoms with E-state index < -0.39 is 0 Å². The molecule has 20 heavy (non-hydrogen) atoms. The Morgan fingerprint density at radius 2 is 1.80 bits per heavy atom. The maximum Gasteiger partial charge on any atom is 0.224 e. The van der Waals surface area contributed by atoms with E-state index in [4.69, 9.17) is 0 Å². The largest absolute Gasteiger partial charge is 0.349 e. The molecule has 0 heterocycles. The summed E-state index contributed by atoms with van der Waals surface area (Å²) >= 11 is 0. The molecule has 0 aliphatic carbocycles. The van der Waals surface area contributed by atoms with Gasteiger partial charge in [0.05, 0.1) is 12.5 Å². The van der Waals surface area contributed by atoms with Crippen LogP contribution in [0.5, 0.6) is 0 Å². The predicted octanol–water partition coefficient (Wildman–Crippen LogP) is 3.72. The molecule has 2 aromatic carbocycles. The number of aryl methyl sites for hydroxylation is 2. The van der Waals surface area contributed by atoms with E-state index in [1.54, 1.807) is 0 Å². The molecule has 0 radical (unpaired) electrons. The zero-order chi connectivity index (χ0) is 14.5. The lowest BCUT2D eigenvalue weighted by Gasteiger charge is -2.17. The Labute approximate surface area is 120 Å². The van der Waals surface area contributed by atoms with Crippen molar-refractivity contribution in [3.63, 3.8) is 0 Å². The Hall–Kier alpha value is -2.09. The smallest absolute Gasteiger partial charge is 0.224 e. The third-order valence-electron chi connectivity index (χ3n) is 3.49. The Morgan fingerprint density at radius 3 is 2.50 bits per heavy atom. The summed E-state index contributed by atoms with van der Waals surface area (Å²) in [6, 6.07) is 16.2. The molecule has 1 amide bonds. The van der Waals surface area contributed by atoms with Crippen molar-refractivity contribution in [1.82, 2.24) is 5.32 Å². The van der Waals surface area contributed by atoms with Crippen LogP contribution < -0.4 is 5.32 Å². The minimum absolute atomic E-state index is 0.0334. The standard InChI is InChI=1S/C18H21NO/c1-13-9-10-14(2)17(11-13)15(3)19-18(20)12-16-7-5-4-6-8-16/h4-11,15H,12H2,1-3H3,(H,19,20)/t15-/m0/s1. The van der Waals surface area contributed by atoms with Gasteiger partial charge in [-0.25, -0.2) is 0 Å². The molecule has 104 valence electrons. The van der Waals surface area contributed by atoms with E-state index in [0.717, 1.165) is 5.56 Å². The van der Waals surface area contributed by atoms with Crippen molar-refractivity contribution in [3.05, 3.63) is 70.8 Å². The first-order valence-corrected chi connectivity index (χ1v) is 6.96. The van der Waals surface area contributed by atoms with E-state index in [-0.39, 0.29) is 11.9 Å². The van der Waals surface area contributed by atoms with Gasteiger partial charge in [0.2, 0.25) is 5.91 Å². The molecule has 2 nitrogen and oxygen atoms in total. The van der Waals surface area contributed by atoms with Gasteiger partial charge in [0.1, 0.15) is 0 Å². The Bertz CT molecular complexity index is 590. The molecular weight excluding hydrogens is 246 g/mol.